The Labute approximate surface area is 153 Å². The first-order valence-corrected chi connectivity index (χ1v) is 9.29. The average Bonchev–Trinajstić information content (AvgIpc) is 2.60. The first-order valence-electron chi connectivity index (χ1n) is 9.29. The third kappa shape index (κ3) is 5.41. The maximum absolute atomic E-state index is 5.58. The number of unbranched alkanes of at least 4 members (excludes halogenated alkanes) is 2. The standard InChI is InChI=1S/C20H32N2O.ClH/c1-4-6-14-21-20(22-15-7-5-2)18-12-13-19(23-3)17-11-9-8-10-16(17)18;/h12-13H,4-11,14-15H2,1-3H3,(H,21,22);1H. The lowest BCUT2D eigenvalue weighted by atomic mass is 9.87. The molecule has 0 aromatic heterocycles. The number of rotatable bonds is 8. The second-order valence-electron chi connectivity index (χ2n) is 6.34. The fourth-order valence-corrected chi connectivity index (χ4v) is 3.22. The molecule has 0 unspecified atom stereocenters. The summed E-state index contributed by atoms with van der Waals surface area (Å²) >= 11 is 0. The lowest BCUT2D eigenvalue weighted by molar-refractivity contribution is 0.406. The highest BCUT2D eigenvalue weighted by molar-refractivity contribution is 6.00. The van der Waals surface area contributed by atoms with Crippen molar-refractivity contribution in [2.45, 2.75) is 65.2 Å². The SMILES string of the molecule is CCCCN=C(NCCCC)c1ccc(OC)c2c1CCCC2.Cl. The van der Waals surface area contributed by atoms with Gasteiger partial charge in [-0.1, -0.05) is 26.7 Å². The number of aliphatic imine (C=N–C) groups is 1. The number of fused-ring (bicyclic) bond motifs is 1. The summed E-state index contributed by atoms with van der Waals surface area (Å²) in [6, 6.07) is 4.32. The van der Waals surface area contributed by atoms with E-state index < -0.39 is 0 Å². The number of ether oxygens (including phenoxy) is 1. The Balaban J connectivity index is 0.00000288. The summed E-state index contributed by atoms with van der Waals surface area (Å²) in [5, 5.41) is 3.59. The normalized spacial score (nSPS) is 13.9. The Hall–Kier alpha value is -1.22. The molecule has 0 bridgehead atoms. The number of benzene rings is 1. The van der Waals surface area contributed by atoms with Gasteiger partial charge in [0, 0.05) is 18.7 Å². The lowest BCUT2D eigenvalue weighted by Gasteiger charge is -2.23. The van der Waals surface area contributed by atoms with Crippen molar-refractivity contribution in [1.29, 1.82) is 0 Å². The second kappa shape index (κ2) is 11.4. The highest BCUT2D eigenvalue weighted by Crippen LogP contribution is 2.32. The fourth-order valence-electron chi connectivity index (χ4n) is 3.22. The van der Waals surface area contributed by atoms with E-state index in [1.807, 2.05) is 0 Å². The largest absolute Gasteiger partial charge is 0.496 e. The zero-order chi connectivity index (χ0) is 16.5. The van der Waals surface area contributed by atoms with Crippen molar-refractivity contribution < 1.29 is 4.74 Å². The van der Waals surface area contributed by atoms with Crippen LogP contribution >= 0.6 is 12.4 Å². The molecule has 4 heteroatoms. The number of halogens is 1. The van der Waals surface area contributed by atoms with Gasteiger partial charge in [-0.25, -0.2) is 0 Å². The van der Waals surface area contributed by atoms with Gasteiger partial charge in [0.2, 0.25) is 0 Å². The highest BCUT2D eigenvalue weighted by Gasteiger charge is 2.20. The van der Waals surface area contributed by atoms with Gasteiger partial charge in [-0.15, -0.1) is 12.4 Å². The van der Waals surface area contributed by atoms with Crippen molar-refractivity contribution in [1.82, 2.24) is 5.32 Å². The van der Waals surface area contributed by atoms with Gasteiger partial charge in [0.05, 0.1) is 7.11 Å². The van der Waals surface area contributed by atoms with Gasteiger partial charge in [-0.2, -0.15) is 0 Å². The number of hydrogen-bond donors (Lipinski definition) is 1. The van der Waals surface area contributed by atoms with E-state index >= 15 is 0 Å². The minimum atomic E-state index is 0. The lowest BCUT2D eigenvalue weighted by Crippen LogP contribution is -2.28. The first kappa shape index (κ1) is 20.8. The molecule has 1 aromatic carbocycles. The number of methoxy groups -OCH3 is 1. The predicted octanol–water partition coefficient (Wildman–Crippen LogP) is 4.93. The Bertz CT molecular complexity index is 529. The topological polar surface area (TPSA) is 33.6 Å². The molecule has 0 spiro atoms. The van der Waals surface area contributed by atoms with Gasteiger partial charge in [-0.05, 0) is 61.8 Å². The summed E-state index contributed by atoms with van der Waals surface area (Å²) in [7, 11) is 1.78. The van der Waals surface area contributed by atoms with Crippen molar-refractivity contribution in [3.8, 4) is 5.75 Å². The maximum Gasteiger partial charge on any atom is 0.128 e. The molecule has 0 fully saturated rings. The van der Waals surface area contributed by atoms with E-state index in [0.717, 1.165) is 43.9 Å². The molecule has 0 saturated carbocycles. The molecule has 24 heavy (non-hydrogen) atoms. The average molecular weight is 353 g/mol. The monoisotopic (exact) mass is 352 g/mol. The molecule has 136 valence electrons. The van der Waals surface area contributed by atoms with Crippen LogP contribution in [-0.2, 0) is 12.8 Å². The van der Waals surface area contributed by atoms with Crippen LogP contribution in [0.3, 0.4) is 0 Å². The summed E-state index contributed by atoms with van der Waals surface area (Å²) < 4.78 is 5.58. The van der Waals surface area contributed by atoms with Crippen molar-refractivity contribution in [3.63, 3.8) is 0 Å². The zero-order valence-corrected chi connectivity index (χ0v) is 16.3. The summed E-state index contributed by atoms with van der Waals surface area (Å²) in [4.78, 5) is 4.88. The molecule has 1 aromatic rings. The van der Waals surface area contributed by atoms with Crippen LogP contribution < -0.4 is 10.1 Å². The third-order valence-corrected chi connectivity index (χ3v) is 4.57. The number of amidine groups is 1. The zero-order valence-electron chi connectivity index (χ0n) is 15.5. The van der Waals surface area contributed by atoms with Crippen LogP contribution in [0.15, 0.2) is 17.1 Å². The van der Waals surface area contributed by atoms with Crippen molar-refractivity contribution >= 4 is 18.2 Å². The predicted molar refractivity (Wildman–Crippen MR) is 106 cm³/mol. The minimum absolute atomic E-state index is 0. The van der Waals surface area contributed by atoms with E-state index in [1.165, 1.54) is 48.8 Å². The molecule has 3 nitrogen and oxygen atoms in total. The summed E-state index contributed by atoms with van der Waals surface area (Å²) in [6.45, 7) is 6.35. The van der Waals surface area contributed by atoms with Crippen LogP contribution in [0.1, 0.15) is 69.1 Å². The van der Waals surface area contributed by atoms with Crippen LogP contribution in [0.25, 0.3) is 0 Å². The van der Waals surface area contributed by atoms with E-state index in [4.69, 9.17) is 9.73 Å². The molecule has 1 aliphatic carbocycles. The van der Waals surface area contributed by atoms with E-state index in [1.54, 1.807) is 7.11 Å². The Morgan fingerprint density at radius 3 is 2.46 bits per heavy atom. The van der Waals surface area contributed by atoms with Gasteiger partial charge < -0.3 is 10.1 Å². The van der Waals surface area contributed by atoms with Gasteiger partial charge in [-0.3, -0.25) is 4.99 Å². The van der Waals surface area contributed by atoms with Crippen LogP contribution in [0.4, 0.5) is 0 Å². The molecule has 0 amide bonds. The molecule has 0 radical (unpaired) electrons. The molecule has 0 atom stereocenters. The van der Waals surface area contributed by atoms with Crippen LogP contribution in [0.2, 0.25) is 0 Å². The van der Waals surface area contributed by atoms with Crippen molar-refractivity contribution in [3.05, 3.63) is 28.8 Å². The van der Waals surface area contributed by atoms with Crippen molar-refractivity contribution in [2.75, 3.05) is 20.2 Å². The second-order valence-corrected chi connectivity index (χ2v) is 6.34. The van der Waals surface area contributed by atoms with Gasteiger partial charge in [0.1, 0.15) is 11.6 Å². The smallest absolute Gasteiger partial charge is 0.128 e. The van der Waals surface area contributed by atoms with Crippen molar-refractivity contribution in [2.24, 2.45) is 4.99 Å². The van der Waals surface area contributed by atoms with Crippen LogP contribution in [0.5, 0.6) is 5.75 Å². The first-order chi connectivity index (χ1) is 11.3. The summed E-state index contributed by atoms with van der Waals surface area (Å²) in [5.74, 6) is 2.14. The van der Waals surface area contributed by atoms with E-state index in [9.17, 15) is 0 Å². The van der Waals surface area contributed by atoms with Gasteiger partial charge in [0.25, 0.3) is 0 Å². The maximum atomic E-state index is 5.58. The number of hydrogen-bond acceptors (Lipinski definition) is 2. The quantitative estimate of drug-likeness (QED) is 0.408. The summed E-state index contributed by atoms with van der Waals surface area (Å²) in [5.41, 5.74) is 4.15. The molecule has 0 aliphatic heterocycles. The Morgan fingerprint density at radius 1 is 1.08 bits per heavy atom. The number of nitrogens with zero attached hydrogens (tertiary/aromatic N) is 1. The van der Waals surface area contributed by atoms with Gasteiger partial charge >= 0.3 is 0 Å². The van der Waals surface area contributed by atoms with Crippen LogP contribution in [-0.4, -0.2) is 26.0 Å². The molecule has 0 saturated heterocycles. The summed E-state index contributed by atoms with van der Waals surface area (Å²) in [6.07, 6.45) is 9.53. The van der Waals surface area contributed by atoms with E-state index in [0.29, 0.717) is 0 Å². The molecular formula is C20H33ClN2O. The number of nitrogens with one attached hydrogen (secondary N) is 1. The molecular weight excluding hydrogens is 320 g/mol. The molecule has 1 N–H and O–H groups in total. The van der Waals surface area contributed by atoms with Crippen LogP contribution in [0, 0.1) is 0 Å². The molecule has 2 rings (SSSR count). The Kier molecular flexibility index (Phi) is 9.85. The molecule has 0 heterocycles. The Morgan fingerprint density at radius 2 is 1.79 bits per heavy atom. The van der Waals surface area contributed by atoms with Gasteiger partial charge in [0.15, 0.2) is 0 Å². The fraction of sp³-hybridized carbons (Fsp3) is 0.650. The molecule has 1 aliphatic rings. The van der Waals surface area contributed by atoms with E-state index in [-0.39, 0.29) is 12.4 Å². The highest BCUT2D eigenvalue weighted by atomic mass is 35.5. The third-order valence-electron chi connectivity index (χ3n) is 4.57. The van der Waals surface area contributed by atoms with E-state index in [2.05, 4.69) is 31.3 Å². The minimum Gasteiger partial charge on any atom is -0.496 e.